The van der Waals surface area contributed by atoms with Crippen LogP contribution in [0.25, 0.3) is 0 Å². The highest BCUT2D eigenvalue weighted by molar-refractivity contribution is 6.33. The predicted molar refractivity (Wildman–Crippen MR) is 115 cm³/mol. The van der Waals surface area contributed by atoms with Gasteiger partial charge in [0.2, 0.25) is 0 Å². The zero-order valence-corrected chi connectivity index (χ0v) is 18.2. The van der Waals surface area contributed by atoms with Crippen molar-refractivity contribution in [3.8, 4) is 11.5 Å². The van der Waals surface area contributed by atoms with Crippen LogP contribution in [0.15, 0.2) is 30.3 Å². The van der Waals surface area contributed by atoms with E-state index in [1.54, 1.807) is 14.2 Å². The summed E-state index contributed by atoms with van der Waals surface area (Å²) in [6.07, 6.45) is 0.738. The average molecular weight is 420 g/mol. The summed E-state index contributed by atoms with van der Waals surface area (Å²) in [4.78, 5) is 9.44. The molecule has 0 unspecified atom stereocenters. The van der Waals surface area contributed by atoms with Crippen LogP contribution in [0.5, 0.6) is 11.5 Å². The number of hydrogen-bond donors (Lipinski definition) is 1. The molecule has 6 nitrogen and oxygen atoms in total. The molecule has 1 fully saturated rings. The summed E-state index contributed by atoms with van der Waals surface area (Å²) in [5.41, 5.74) is 3.12. The molecule has 29 heavy (non-hydrogen) atoms. The molecule has 0 aliphatic carbocycles. The van der Waals surface area contributed by atoms with E-state index >= 15 is 0 Å². The summed E-state index contributed by atoms with van der Waals surface area (Å²) >= 11 is 6.57. The van der Waals surface area contributed by atoms with Crippen molar-refractivity contribution in [3.05, 3.63) is 52.3 Å². The first kappa shape index (κ1) is 21.8. The lowest BCUT2D eigenvalue weighted by atomic mass is 10.1. The predicted octanol–water partition coefficient (Wildman–Crippen LogP) is 3.13. The fraction of sp³-hybridized carbons (Fsp3) is 0.500. The van der Waals surface area contributed by atoms with Gasteiger partial charge in [-0.2, -0.15) is 0 Å². The summed E-state index contributed by atoms with van der Waals surface area (Å²) < 4.78 is 10.8. The third-order valence-corrected chi connectivity index (χ3v) is 5.84. The van der Waals surface area contributed by atoms with Gasteiger partial charge in [-0.3, -0.25) is 14.8 Å². The first-order valence-corrected chi connectivity index (χ1v) is 10.3. The summed E-state index contributed by atoms with van der Waals surface area (Å²) in [5, 5.41) is 10.2. The molecule has 0 radical (unpaired) electrons. The van der Waals surface area contributed by atoms with E-state index in [1.165, 1.54) is 0 Å². The Labute approximate surface area is 178 Å². The Morgan fingerprint density at radius 2 is 1.97 bits per heavy atom. The first-order valence-electron chi connectivity index (χ1n) is 9.94. The molecule has 2 aromatic rings. The summed E-state index contributed by atoms with van der Waals surface area (Å²) in [6.45, 7) is 6.45. The maximum absolute atomic E-state index is 9.58. The second kappa shape index (κ2) is 10.3. The number of methoxy groups -OCH3 is 2. The maximum Gasteiger partial charge on any atom is 0.179 e. The number of ether oxygens (including phenoxy) is 2. The maximum atomic E-state index is 9.58. The Hall–Kier alpha value is -1.86. The molecule has 1 aromatic carbocycles. The van der Waals surface area contributed by atoms with E-state index in [1.807, 2.05) is 31.2 Å². The van der Waals surface area contributed by atoms with Crippen LogP contribution in [0.3, 0.4) is 0 Å². The zero-order chi connectivity index (χ0) is 20.8. The topological polar surface area (TPSA) is 58.1 Å². The van der Waals surface area contributed by atoms with E-state index in [2.05, 4.69) is 20.9 Å². The van der Waals surface area contributed by atoms with Crippen molar-refractivity contribution in [3.63, 3.8) is 0 Å². The molecule has 1 saturated heterocycles. The van der Waals surface area contributed by atoms with Crippen LogP contribution in [0.2, 0.25) is 5.02 Å². The van der Waals surface area contributed by atoms with Crippen LogP contribution in [0.4, 0.5) is 0 Å². The highest BCUT2D eigenvalue weighted by Gasteiger charge is 2.27. The number of aryl methyl sites for hydroxylation is 1. The zero-order valence-electron chi connectivity index (χ0n) is 17.4. The Balaban J connectivity index is 1.69. The van der Waals surface area contributed by atoms with Crippen molar-refractivity contribution in [2.24, 2.45) is 0 Å². The molecule has 3 rings (SSSR count). The van der Waals surface area contributed by atoms with Crippen LogP contribution in [0.1, 0.15) is 23.4 Å². The normalized spacial score (nSPS) is 18.0. The molecule has 158 valence electrons. The number of benzene rings is 1. The Bertz CT molecular complexity index is 818. The van der Waals surface area contributed by atoms with E-state index in [9.17, 15) is 5.11 Å². The number of aliphatic hydroxyl groups excluding tert-OH is 1. The Morgan fingerprint density at radius 3 is 2.66 bits per heavy atom. The monoisotopic (exact) mass is 419 g/mol. The van der Waals surface area contributed by atoms with Gasteiger partial charge in [0.05, 0.1) is 24.9 Å². The second-order valence-electron chi connectivity index (χ2n) is 7.42. The third kappa shape index (κ3) is 5.39. The number of nitrogens with zero attached hydrogens (tertiary/aromatic N) is 3. The van der Waals surface area contributed by atoms with Crippen LogP contribution < -0.4 is 9.47 Å². The molecule has 0 spiro atoms. The number of halogens is 1. The number of rotatable bonds is 8. The van der Waals surface area contributed by atoms with Crippen molar-refractivity contribution >= 4 is 11.6 Å². The number of hydrogen-bond acceptors (Lipinski definition) is 6. The van der Waals surface area contributed by atoms with E-state index in [0.717, 1.165) is 56.1 Å². The van der Waals surface area contributed by atoms with Crippen LogP contribution >= 0.6 is 11.6 Å². The fourth-order valence-electron chi connectivity index (χ4n) is 3.92. The SMILES string of the molecule is COc1ccc(CN2CCN(Cc3cccc(C)n3)[C@H](CCO)C2)c(Cl)c1OC. The van der Waals surface area contributed by atoms with Gasteiger partial charge in [-0.25, -0.2) is 0 Å². The van der Waals surface area contributed by atoms with Crippen molar-refractivity contribution in [2.75, 3.05) is 40.5 Å². The lowest BCUT2D eigenvalue weighted by molar-refractivity contribution is 0.0491. The molecule has 1 N–H and O–H groups in total. The van der Waals surface area contributed by atoms with Crippen molar-refractivity contribution in [1.82, 2.24) is 14.8 Å². The van der Waals surface area contributed by atoms with Crippen molar-refractivity contribution in [1.29, 1.82) is 0 Å². The third-order valence-electron chi connectivity index (χ3n) is 5.42. The van der Waals surface area contributed by atoms with Gasteiger partial charge in [0, 0.05) is 51.1 Å². The summed E-state index contributed by atoms with van der Waals surface area (Å²) in [5.74, 6) is 1.21. The van der Waals surface area contributed by atoms with Gasteiger partial charge in [-0.1, -0.05) is 23.7 Å². The minimum absolute atomic E-state index is 0.174. The summed E-state index contributed by atoms with van der Waals surface area (Å²) in [7, 11) is 3.21. The van der Waals surface area contributed by atoms with Gasteiger partial charge >= 0.3 is 0 Å². The highest BCUT2D eigenvalue weighted by Crippen LogP contribution is 2.38. The Morgan fingerprint density at radius 1 is 1.14 bits per heavy atom. The van der Waals surface area contributed by atoms with E-state index < -0.39 is 0 Å². The van der Waals surface area contributed by atoms with Crippen LogP contribution in [-0.4, -0.2) is 66.4 Å². The second-order valence-corrected chi connectivity index (χ2v) is 7.79. The minimum Gasteiger partial charge on any atom is -0.493 e. The standard InChI is InChI=1S/C22H30ClN3O3/c1-16-5-4-6-18(24-16)14-26-11-10-25(15-19(26)9-12-27)13-17-7-8-20(28-2)22(29-3)21(17)23/h4-8,19,27H,9-15H2,1-3H3/t19-/m1/s1. The van der Waals surface area contributed by atoms with Gasteiger partial charge in [0.15, 0.2) is 11.5 Å². The molecular weight excluding hydrogens is 390 g/mol. The molecular formula is C22H30ClN3O3. The highest BCUT2D eigenvalue weighted by atomic mass is 35.5. The largest absolute Gasteiger partial charge is 0.493 e. The van der Waals surface area contributed by atoms with Gasteiger partial charge in [0.25, 0.3) is 0 Å². The molecule has 0 saturated carbocycles. The van der Waals surface area contributed by atoms with Crippen LogP contribution in [-0.2, 0) is 13.1 Å². The molecule has 1 aliphatic heterocycles. The van der Waals surface area contributed by atoms with Gasteiger partial charge in [0.1, 0.15) is 0 Å². The molecule has 1 atom stereocenters. The lowest BCUT2D eigenvalue weighted by Gasteiger charge is -2.41. The van der Waals surface area contributed by atoms with Gasteiger partial charge in [-0.15, -0.1) is 0 Å². The van der Waals surface area contributed by atoms with E-state index in [4.69, 9.17) is 21.1 Å². The molecule has 1 aliphatic rings. The lowest BCUT2D eigenvalue weighted by Crippen LogP contribution is -2.52. The quantitative estimate of drug-likeness (QED) is 0.709. The smallest absolute Gasteiger partial charge is 0.179 e. The minimum atomic E-state index is 0.174. The van der Waals surface area contributed by atoms with Crippen molar-refractivity contribution < 1.29 is 14.6 Å². The molecule has 0 bridgehead atoms. The van der Waals surface area contributed by atoms with Gasteiger partial charge < -0.3 is 14.6 Å². The van der Waals surface area contributed by atoms with Gasteiger partial charge in [-0.05, 0) is 37.1 Å². The Kier molecular flexibility index (Phi) is 7.72. The first-order chi connectivity index (χ1) is 14.0. The van der Waals surface area contributed by atoms with E-state index in [0.29, 0.717) is 16.5 Å². The molecule has 7 heteroatoms. The van der Waals surface area contributed by atoms with Crippen molar-refractivity contribution in [2.45, 2.75) is 32.5 Å². The average Bonchev–Trinajstić information content (AvgIpc) is 2.71. The van der Waals surface area contributed by atoms with E-state index in [-0.39, 0.29) is 12.6 Å². The van der Waals surface area contributed by atoms with Crippen LogP contribution in [0, 0.1) is 6.92 Å². The number of piperazine rings is 1. The number of aromatic nitrogens is 1. The fourth-order valence-corrected chi connectivity index (χ4v) is 4.21. The molecule has 1 aromatic heterocycles. The summed E-state index contributed by atoms with van der Waals surface area (Å²) in [6, 6.07) is 10.3. The molecule has 0 amide bonds. The molecule has 2 heterocycles. The number of pyridine rings is 1. The number of aliphatic hydroxyl groups is 1.